The van der Waals surface area contributed by atoms with E-state index in [9.17, 15) is 29.6 Å². The largest absolute Gasteiger partial charge is 0.756 e. The molecular formula is C42H85N2O8P. The molecule has 0 bridgehead atoms. The molecule has 0 heterocycles. The van der Waals surface area contributed by atoms with Gasteiger partial charge in [-0.1, -0.05) is 154 Å². The SMILES string of the molecule is CCCCC/C=C\C[C@H](O)[C@@H](O)CCCCCCCC(=O)N[C@@H](COP(=O)([O-])OCC[N+](C)(C)C)[C@H](O)CCCCCCCCCCCCCCCC. The highest BCUT2D eigenvalue weighted by Crippen LogP contribution is 2.38. The van der Waals surface area contributed by atoms with Crippen LogP contribution in [0.4, 0.5) is 0 Å². The third kappa shape index (κ3) is 35.3. The van der Waals surface area contributed by atoms with E-state index in [0.29, 0.717) is 36.7 Å². The number of nitrogens with zero attached hydrogens (tertiary/aromatic N) is 1. The average Bonchev–Trinajstić information content (AvgIpc) is 3.10. The fourth-order valence-corrected chi connectivity index (χ4v) is 7.02. The molecule has 0 fully saturated rings. The van der Waals surface area contributed by atoms with Crippen LogP contribution in [-0.2, 0) is 18.4 Å². The number of amides is 1. The van der Waals surface area contributed by atoms with Crippen molar-refractivity contribution in [2.45, 2.75) is 212 Å². The number of carbonyl (C=O) groups is 1. The number of hydrogen-bond donors (Lipinski definition) is 4. The molecule has 0 spiro atoms. The molecule has 1 amide bonds. The van der Waals surface area contributed by atoms with Crippen molar-refractivity contribution in [1.82, 2.24) is 5.32 Å². The first-order valence-corrected chi connectivity index (χ1v) is 23.2. The fourth-order valence-electron chi connectivity index (χ4n) is 6.30. The Morgan fingerprint density at radius 3 is 1.66 bits per heavy atom. The zero-order valence-corrected chi connectivity index (χ0v) is 35.8. The number of aliphatic hydroxyl groups excluding tert-OH is 3. The predicted octanol–water partition coefficient (Wildman–Crippen LogP) is 8.89. The number of aliphatic hydroxyl groups is 3. The molecule has 5 atom stereocenters. The Labute approximate surface area is 326 Å². The van der Waals surface area contributed by atoms with Crippen LogP contribution in [0.15, 0.2) is 12.2 Å². The number of hydrogen-bond acceptors (Lipinski definition) is 8. The molecule has 0 aromatic heterocycles. The minimum Gasteiger partial charge on any atom is -0.756 e. The summed E-state index contributed by atoms with van der Waals surface area (Å²) in [6.07, 6.45) is 29.4. The smallest absolute Gasteiger partial charge is 0.268 e. The number of allylic oxidation sites excluding steroid dienone is 1. The third-order valence-electron chi connectivity index (χ3n) is 9.95. The van der Waals surface area contributed by atoms with E-state index in [-0.39, 0.29) is 25.5 Å². The second-order valence-electron chi connectivity index (χ2n) is 16.4. The minimum atomic E-state index is -4.60. The van der Waals surface area contributed by atoms with E-state index in [4.69, 9.17) is 9.05 Å². The van der Waals surface area contributed by atoms with E-state index in [0.717, 1.165) is 57.8 Å². The van der Waals surface area contributed by atoms with Crippen LogP contribution in [0.1, 0.15) is 187 Å². The maximum absolute atomic E-state index is 12.9. The standard InChI is InChI=1S/C42H85N2O8P/c1-6-8-10-12-14-15-16-17-18-19-20-21-24-27-31-39(45)38(37-52-53(49,50)51-36-35-44(3,4)5)43-42(48)34-30-26-22-25-29-33-41(47)40(46)32-28-23-13-11-9-7-2/h23,28,38-41,45-47H,6-22,24-27,29-37H2,1-5H3,(H-,43,48,49,50)/b28-23-/t38-,39+,40-,41-/m0/s1. The summed E-state index contributed by atoms with van der Waals surface area (Å²) in [6, 6.07) is -0.854. The van der Waals surface area contributed by atoms with E-state index in [1.807, 2.05) is 27.2 Å². The molecule has 0 aromatic carbocycles. The first-order valence-electron chi connectivity index (χ1n) is 21.7. The third-order valence-corrected chi connectivity index (χ3v) is 10.9. The van der Waals surface area contributed by atoms with Crippen molar-refractivity contribution >= 4 is 13.7 Å². The molecule has 316 valence electrons. The summed E-state index contributed by atoms with van der Waals surface area (Å²) in [5.41, 5.74) is 0. The van der Waals surface area contributed by atoms with Gasteiger partial charge in [0.2, 0.25) is 5.91 Å². The summed E-state index contributed by atoms with van der Waals surface area (Å²) in [6.45, 7) is 4.52. The van der Waals surface area contributed by atoms with E-state index in [2.05, 4.69) is 25.2 Å². The minimum absolute atomic E-state index is 0.0149. The zero-order chi connectivity index (χ0) is 39.6. The van der Waals surface area contributed by atoms with Gasteiger partial charge in [-0.25, -0.2) is 0 Å². The lowest BCUT2D eigenvalue weighted by Gasteiger charge is -2.30. The van der Waals surface area contributed by atoms with Crippen molar-refractivity contribution < 1.29 is 43.1 Å². The van der Waals surface area contributed by atoms with Gasteiger partial charge in [0.05, 0.1) is 52.1 Å². The topological polar surface area (TPSA) is 148 Å². The van der Waals surface area contributed by atoms with E-state index in [1.54, 1.807) is 0 Å². The molecule has 10 nitrogen and oxygen atoms in total. The number of likely N-dealkylation sites (N-methyl/N-ethyl adjacent to an activating group) is 1. The maximum atomic E-state index is 12.9. The van der Waals surface area contributed by atoms with Gasteiger partial charge in [0.15, 0.2) is 0 Å². The normalized spacial score (nSPS) is 15.7. The van der Waals surface area contributed by atoms with Crippen molar-refractivity contribution in [3.8, 4) is 0 Å². The number of unbranched alkanes of at least 4 members (excludes halogenated alkanes) is 20. The van der Waals surface area contributed by atoms with Crippen LogP contribution in [0.25, 0.3) is 0 Å². The Bertz CT molecular complexity index is 916. The number of phosphoric ester groups is 1. The van der Waals surface area contributed by atoms with Crippen molar-refractivity contribution in [3.63, 3.8) is 0 Å². The van der Waals surface area contributed by atoms with E-state index < -0.39 is 32.2 Å². The van der Waals surface area contributed by atoms with Crippen molar-refractivity contribution in [2.24, 2.45) is 0 Å². The van der Waals surface area contributed by atoms with Crippen molar-refractivity contribution in [3.05, 3.63) is 12.2 Å². The maximum Gasteiger partial charge on any atom is 0.268 e. The van der Waals surface area contributed by atoms with Gasteiger partial charge in [-0.05, 0) is 38.5 Å². The summed E-state index contributed by atoms with van der Waals surface area (Å²) >= 11 is 0. The Kier molecular flexibility index (Phi) is 33.9. The highest BCUT2D eigenvalue weighted by Gasteiger charge is 2.24. The van der Waals surface area contributed by atoms with Gasteiger partial charge in [0.1, 0.15) is 13.2 Å². The van der Waals surface area contributed by atoms with Crippen LogP contribution in [-0.4, -0.2) is 91.0 Å². The molecule has 53 heavy (non-hydrogen) atoms. The summed E-state index contributed by atoms with van der Waals surface area (Å²) in [5.74, 6) is -0.244. The van der Waals surface area contributed by atoms with Gasteiger partial charge >= 0.3 is 0 Å². The predicted molar refractivity (Wildman–Crippen MR) is 218 cm³/mol. The summed E-state index contributed by atoms with van der Waals surface area (Å²) in [5, 5.41) is 34.3. The summed E-state index contributed by atoms with van der Waals surface area (Å²) < 4.78 is 23.2. The summed E-state index contributed by atoms with van der Waals surface area (Å²) in [7, 11) is 1.21. The highest BCUT2D eigenvalue weighted by atomic mass is 31.2. The van der Waals surface area contributed by atoms with Crippen molar-refractivity contribution in [1.29, 1.82) is 0 Å². The van der Waals surface area contributed by atoms with Crippen molar-refractivity contribution in [2.75, 3.05) is 40.9 Å². The molecule has 0 radical (unpaired) electrons. The van der Waals surface area contributed by atoms with Crippen LogP contribution in [0.2, 0.25) is 0 Å². The van der Waals surface area contributed by atoms with Gasteiger partial charge in [0.25, 0.3) is 7.82 Å². The first kappa shape index (κ1) is 52.2. The van der Waals surface area contributed by atoms with Crippen LogP contribution in [0.5, 0.6) is 0 Å². The van der Waals surface area contributed by atoms with Crippen LogP contribution < -0.4 is 10.2 Å². The van der Waals surface area contributed by atoms with Gasteiger partial charge in [-0.3, -0.25) is 9.36 Å². The molecule has 4 N–H and O–H groups in total. The lowest BCUT2D eigenvalue weighted by Crippen LogP contribution is -2.46. The number of nitrogens with one attached hydrogen (secondary N) is 1. The van der Waals surface area contributed by atoms with Gasteiger partial charge in [0, 0.05) is 6.42 Å². The first-order chi connectivity index (χ1) is 25.3. The lowest BCUT2D eigenvalue weighted by atomic mass is 10.0. The van der Waals surface area contributed by atoms with Crippen LogP contribution in [0.3, 0.4) is 0 Å². The monoisotopic (exact) mass is 777 g/mol. The van der Waals surface area contributed by atoms with Crippen LogP contribution in [0, 0.1) is 0 Å². The van der Waals surface area contributed by atoms with E-state index in [1.165, 1.54) is 83.5 Å². The number of phosphoric acid groups is 1. The molecule has 0 aliphatic rings. The molecule has 0 rings (SSSR count). The summed E-state index contributed by atoms with van der Waals surface area (Å²) in [4.78, 5) is 25.3. The molecule has 1 unspecified atom stereocenters. The van der Waals surface area contributed by atoms with Gasteiger partial charge < -0.3 is 39.1 Å². The molecular weight excluding hydrogens is 691 g/mol. The fraction of sp³-hybridized carbons (Fsp3) is 0.929. The number of carbonyl (C=O) groups excluding carboxylic acids is 1. The van der Waals surface area contributed by atoms with Crippen LogP contribution >= 0.6 is 7.82 Å². The Morgan fingerprint density at radius 2 is 1.13 bits per heavy atom. The molecule has 0 aliphatic carbocycles. The Morgan fingerprint density at radius 1 is 0.660 bits per heavy atom. The van der Waals surface area contributed by atoms with E-state index >= 15 is 0 Å². The second-order valence-corrected chi connectivity index (χ2v) is 17.8. The molecule has 0 aromatic rings. The molecule has 0 saturated heterocycles. The Hall–Kier alpha value is -0.840. The van der Waals surface area contributed by atoms with Gasteiger partial charge in [-0.15, -0.1) is 0 Å². The molecule has 0 aliphatic heterocycles. The number of rotatable bonds is 39. The highest BCUT2D eigenvalue weighted by molar-refractivity contribution is 7.45. The quantitative estimate of drug-likeness (QED) is 0.0210. The Balaban J connectivity index is 4.51. The second kappa shape index (κ2) is 34.4. The number of quaternary nitrogens is 1. The molecule has 11 heteroatoms. The lowest BCUT2D eigenvalue weighted by molar-refractivity contribution is -0.870. The average molecular weight is 777 g/mol. The van der Waals surface area contributed by atoms with Gasteiger partial charge in [-0.2, -0.15) is 0 Å². The zero-order valence-electron chi connectivity index (χ0n) is 35.0. The molecule has 0 saturated carbocycles.